The lowest BCUT2D eigenvalue weighted by Gasteiger charge is -2.29. The van der Waals surface area contributed by atoms with E-state index in [0.717, 1.165) is 83.7 Å². The van der Waals surface area contributed by atoms with E-state index >= 15 is 0 Å². The Bertz CT molecular complexity index is 2870. The van der Waals surface area contributed by atoms with Crippen molar-refractivity contribution in [3.05, 3.63) is 34.5 Å². The molecule has 3 amide bonds. The van der Waals surface area contributed by atoms with Gasteiger partial charge in [0.2, 0.25) is 17.7 Å². The minimum Gasteiger partial charge on any atom is -0.465 e. The van der Waals surface area contributed by atoms with Crippen molar-refractivity contribution in [2.24, 2.45) is 82.2 Å². The van der Waals surface area contributed by atoms with Gasteiger partial charge in [-0.05, 0) is 157 Å². The Labute approximate surface area is 754 Å². The van der Waals surface area contributed by atoms with Crippen LogP contribution in [0.1, 0.15) is 316 Å². The maximum Gasteiger partial charge on any atom is 0.331 e. The molecule has 117 heavy (non-hydrogen) atoms. The Morgan fingerprint density at radius 1 is 0.487 bits per heavy atom. The number of allylic oxidation sites excluding steroid dienone is 1. The maximum atomic E-state index is 12.4. The van der Waals surface area contributed by atoms with Crippen LogP contribution in [0, 0.1) is 93.6 Å². The zero-order valence-corrected chi connectivity index (χ0v) is 89.7. The number of carbonyl (C=O) groups is 7. The van der Waals surface area contributed by atoms with Crippen LogP contribution in [-0.2, 0) is 43.0 Å². The third kappa shape index (κ3) is 95.9. The largest absolute Gasteiger partial charge is 0.465 e. The third-order valence-corrected chi connectivity index (χ3v) is 25.5. The molecule has 0 aromatic heterocycles. The average Bonchev–Trinajstić information content (AvgIpc) is 1.72. The molecule has 14 nitrogen and oxygen atoms in total. The summed E-state index contributed by atoms with van der Waals surface area (Å²) in [6, 6.07) is 2.35. The molecule has 1 saturated heterocycles. The van der Waals surface area contributed by atoms with Gasteiger partial charge in [-0.1, -0.05) is 270 Å². The van der Waals surface area contributed by atoms with Crippen molar-refractivity contribution >= 4 is 124 Å². The summed E-state index contributed by atoms with van der Waals surface area (Å²) < 4.78 is 10.3. The topological polar surface area (TPSA) is 183 Å². The van der Waals surface area contributed by atoms with Crippen molar-refractivity contribution in [3.63, 3.8) is 0 Å². The van der Waals surface area contributed by atoms with Gasteiger partial charge in [-0.25, -0.2) is 4.79 Å². The fraction of sp³-hybridized carbons (Fsp3) is 0.854. The summed E-state index contributed by atoms with van der Waals surface area (Å²) in [6.07, 6.45) is 8.49. The minimum atomic E-state index is -0.442. The molecule has 0 aromatic carbocycles. The minimum absolute atomic E-state index is 0.0126. The van der Waals surface area contributed by atoms with Gasteiger partial charge in [-0.15, -0.1) is 35.3 Å². The van der Waals surface area contributed by atoms with Crippen LogP contribution in [-0.4, -0.2) is 185 Å². The summed E-state index contributed by atoms with van der Waals surface area (Å²) in [6.45, 7) is 92.0. The number of nitrogens with one attached hydrogen (secondary N) is 1. The first-order valence-corrected chi connectivity index (χ1v) is 50.2. The highest BCUT2D eigenvalue weighted by atomic mass is 32.2. The summed E-state index contributed by atoms with van der Waals surface area (Å²) in [5, 5.41) is 17.8. The number of rotatable bonds is 32. The normalized spacial score (nSPS) is 14.7. The lowest BCUT2D eigenvalue weighted by atomic mass is 9.80. The highest BCUT2D eigenvalue weighted by Gasteiger charge is 2.34. The summed E-state index contributed by atoms with van der Waals surface area (Å²) >= 11 is 12.5. The Morgan fingerprint density at radius 3 is 1.23 bits per heavy atom. The van der Waals surface area contributed by atoms with Gasteiger partial charge in [0.05, 0.1) is 25.7 Å². The van der Waals surface area contributed by atoms with Gasteiger partial charge in [-0.2, -0.15) is 52.3 Å². The second-order valence-electron chi connectivity index (χ2n) is 47.1. The summed E-state index contributed by atoms with van der Waals surface area (Å²) in [4.78, 5) is 88.0. The molecule has 690 valence electrons. The van der Waals surface area contributed by atoms with E-state index < -0.39 is 11.3 Å². The third-order valence-electron chi connectivity index (χ3n) is 14.9. The molecule has 1 aliphatic heterocycles. The van der Waals surface area contributed by atoms with Gasteiger partial charge in [0.1, 0.15) is 5.92 Å². The summed E-state index contributed by atoms with van der Waals surface area (Å²) in [5.74, 6) is 10.9. The van der Waals surface area contributed by atoms with Crippen LogP contribution in [0.4, 0.5) is 0 Å². The molecular formula is C96H185N5O9S7. The molecule has 0 aliphatic carbocycles. The quantitative estimate of drug-likeness (QED) is 0.0381. The van der Waals surface area contributed by atoms with Crippen molar-refractivity contribution in [1.82, 2.24) is 20.0 Å². The van der Waals surface area contributed by atoms with Gasteiger partial charge in [-0.3, -0.25) is 28.8 Å². The monoisotopic (exact) mass is 1780 g/mol. The Morgan fingerprint density at radius 2 is 0.880 bits per heavy atom. The fourth-order valence-electron chi connectivity index (χ4n) is 8.89. The lowest BCUT2D eigenvalue weighted by Crippen LogP contribution is -2.37. The number of Topliss-reactive ketones (excluding diaryl/α,β-unsaturated/α-hetero) is 1. The number of ketones is 2. The average molecular weight is 1780 g/mol. The first kappa shape index (κ1) is 126. The molecule has 3 unspecified atom stereocenters. The van der Waals surface area contributed by atoms with Crippen LogP contribution in [0.25, 0.3) is 0 Å². The van der Waals surface area contributed by atoms with Gasteiger partial charge >= 0.3 is 11.9 Å². The smallest absolute Gasteiger partial charge is 0.331 e. The SMILES string of the molecule is CC(C)(C)COC(=O)C=CSCC(C)(C)C.CC(C)(C)COC(=O)CCSCC(C)(C)C.CC(C)(C)CSC=CC(=O)C(C)(C)C.CC(C)(C)CSCCC(=O)N1CCC(C(C)(C)C)C1.CC(C)(C)CSCCC(C#N)C(=O)C(C)(C)C.CC(C)NC(=O)C=CSCC(C)(C)C.CN(C)CC(CC(=O)N(C)CC(C)(C)C)SCC(C)(C)C. The van der Waals surface area contributed by atoms with E-state index in [2.05, 4.69) is 243 Å². The number of hydrogen-bond acceptors (Lipinski definition) is 18. The van der Waals surface area contributed by atoms with Gasteiger partial charge in [0.25, 0.3) is 0 Å². The van der Waals surface area contributed by atoms with Crippen molar-refractivity contribution < 1.29 is 43.0 Å². The zero-order valence-electron chi connectivity index (χ0n) is 83.9. The molecule has 1 heterocycles. The molecule has 1 aliphatic rings. The van der Waals surface area contributed by atoms with Crippen LogP contribution in [0.3, 0.4) is 0 Å². The van der Waals surface area contributed by atoms with Crippen LogP contribution in [0.5, 0.6) is 0 Å². The van der Waals surface area contributed by atoms with Crippen LogP contribution in [0.2, 0.25) is 0 Å². The lowest BCUT2D eigenvalue weighted by molar-refractivity contribution is -0.146. The molecular weight excluding hydrogens is 1590 g/mol. The van der Waals surface area contributed by atoms with E-state index in [4.69, 9.17) is 14.7 Å². The molecule has 0 aromatic rings. The molecule has 3 atom stereocenters. The number of esters is 2. The predicted octanol–water partition coefficient (Wildman–Crippen LogP) is 25.9. The number of thioether (sulfide) groups is 7. The number of carbonyl (C=O) groups excluding carboxylic acids is 7. The molecule has 1 fully saturated rings. The molecule has 0 spiro atoms. The van der Waals surface area contributed by atoms with E-state index in [1.54, 1.807) is 47.4 Å². The second kappa shape index (κ2) is 59.7. The highest BCUT2D eigenvalue weighted by Crippen LogP contribution is 2.35. The molecule has 1 rings (SSSR count). The van der Waals surface area contributed by atoms with Gasteiger partial charge in [0, 0.05) is 109 Å². The number of ether oxygens (including phenoxy) is 2. The van der Waals surface area contributed by atoms with Gasteiger partial charge in [0.15, 0.2) is 11.6 Å². The van der Waals surface area contributed by atoms with E-state index in [-0.39, 0.29) is 68.4 Å². The Balaban J connectivity index is -0.000000308. The van der Waals surface area contributed by atoms with Crippen LogP contribution in [0.15, 0.2) is 34.5 Å². The first-order valence-electron chi connectivity index (χ1n) is 42.6. The van der Waals surface area contributed by atoms with Crippen molar-refractivity contribution in [1.29, 1.82) is 5.26 Å². The summed E-state index contributed by atoms with van der Waals surface area (Å²) in [7, 11) is 6.08. The fourth-order valence-corrected chi connectivity index (χ4v) is 16.0. The van der Waals surface area contributed by atoms with E-state index in [1.165, 1.54) is 12.5 Å². The molecule has 0 radical (unpaired) electrons. The van der Waals surface area contributed by atoms with Crippen LogP contribution < -0.4 is 5.32 Å². The number of hydrogen-bond donors (Lipinski definition) is 1. The molecule has 0 saturated carbocycles. The Kier molecular flexibility index (Phi) is 64.0. The number of amides is 3. The zero-order chi connectivity index (χ0) is 93.5. The van der Waals surface area contributed by atoms with Crippen LogP contribution >= 0.6 is 82.3 Å². The number of nitrogens with zero attached hydrogens (tertiary/aromatic N) is 4. The van der Waals surface area contributed by atoms with Gasteiger partial charge < -0.3 is 29.5 Å². The van der Waals surface area contributed by atoms with Crippen molar-refractivity contribution in [3.8, 4) is 6.07 Å². The standard InChI is InChI=1S/C17H36N2OS.C16H31NOS.C14H25NOS.C13H26O2S.C13H24O2S.C12H22OS.C11H21NOS/c1-16(2,3)12-19(9)15(20)10-14(11-18(7)8)21-13-17(4,5)6;1-15(2,3)12-19-10-8-14(18)17-9-7-13(11-17)16(4,5)6;1-13(2,3)10-17-8-7-11(9-15)12(16)14(4,5)6;2*1-12(2,3)9-15-11(14)7-8-16-10-13(4,5)6;1-11(2,3)9-14-8-7-10(13)12(4,5)6;1-9(2)12-10(13)6-7-14-8-11(3,4)5/h14H,10-13H2,1-9H3;13H,7-12H2,1-6H3;11H,7-8,10H2,1-6H3;7-10H2,1-6H3;7-8H,9-10H2,1-6H3;7-8H,9H2,1-6H3;6-7,9H,8H2,1-5H3,(H,12,13). The molecule has 1 N–H and O–H groups in total. The number of nitriles is 1. The van der Waals surface area contributed by atoms with Crippen molar-refractivity contribution in [2.75, 3.05) is 118 Å². The second-order valence-corrected chi connectivity index (χ2v) is 54.4. The van der Waals surface area contributed by atoms with E-state index in [1.807, 2.05) is 151 Å². The van der Waals surface area contributed by atoms with E-state index in [9.17, 15) is 33.6 Å². The number of likely N-dealkylation sites (tertiary alicyclic amines) is 1. The molecule has 0 bridgehead atoms. The highest BCUT2D eigenvalue weighted by molar-refractivity contribution is 8.02. The van der Waals surface area contributed by atoms with Crippen molar-refractivity contribution in [2.45, 2.75) is 327 Å². The summed E-state index contributed by atoms with van der Waals surface area (Å²) in [5.41, 5.74) is 2.13. The van der Waals surface area contributed by atoms with E-state index in [0.29, 0.717) is 93.9 Å². The predicted molar refractivity (Wildman–Crippen MR) is 530 cm³/mol. The Hall–Kier alpha value is -2.19. The molecule has 21 heteroatoms. The maximum absolute atomic E-state index is 12.4. The first-order chi connectivity index (χ1) is 52.1.